The topological polar surface area (TPSA) is 453 Å². The lowest BCUT2D eigenvalue weighted by atomic mass is 9.83. The van der Waals surface area contributed by atoms with Crippen molar-refractivity contribution in [2.75, 3.05) is 13.1 Å². The Hall–Kier alpha value is -6.50. The van der Waals surface area contributed by atoms with Crippen molar-refractivity contribution in [1.29, 1.82) is 0 Å². The van der Waals surface area contributed by atoms with E-state index in [0.29, 0.717) is 0 Å². The largest absolute Gasteiger partial charge is 0.459 e. The average molecular weight is 919 g/mol. The van der Waals surface area contributed by atoms with Crippen molar-refractivity contribution in [2.45, 2.75) is 165 Å². The van der Waals surface area contributed by atoms with Crippen molar-refractivity contribution in [2.24, 2.45) is 36.6 Å². The molecule has 0 spiro atoms. The summed E-state index contributed by atoms with van der Waals surface area (Å²) in [6, 6.07) is -5.23. The molecule has 4 aliphatic rings. The number of hydrogen-bond acceptors (Lipinski definition) is 20. The maximum Gasteiger partial charge on any atom is 0.303 e. The predicted octanol–water partition coefficient (Wildman–Crippen LogP) is 5.22. The number of ether oxygens (including phenoxy) is 10. The van der Waals surface area contributed by atoms with Crippen molar-refractivity contribution >= 4 is 23.9 Å². The second kappa shape index (κ2) is 24.5. The first kappa shape index (κ1) is 51.1. The molecule has 4 fully saturated rings. The molecule has 32 nitrogen and oxygen atoms in total. The van der Waals surface area contributed by atoms with E-state index in [1.165, 1.54) is 0 Å². The van der Waals surface area contributed by atoms with Gasteiger partial charge in [0, 0.05) is 57.2 Å². The molecule has 65 heavy (non-hydrogen) atoms. The molecule has 18 atom stereocenters. The van der Waals surface area contributed by atoms with Gasteiger partial charge < -0.3 is 47.4 Å². The molecule has 0 amide bonds. The van der Waals surface area contributed by atoms with Crippen molar-refractivity contribution in [1.82, 2.24) is 0 Å². The standard InChI is InChI=1S/C33H46N18O14/c1-7-20-26(64-32-23(45-51-39)28(58-15(5)54)27(57-14(4)53)22(62-32)11-41-47-35)30(59-16(6)55)33(60-20)65-29-24(56-13(3)52)17(42-48-36)9-18(43-49-37)25(29)63-31-19(44-50-38)8-12(2)21(61-31)10-40-46-34/h12,17-33H,7-11H2,1-6H3. The first-order valence-corrected chi connectivity index (χ1v) is 19.9. The van der Waals surface area contributed by atoms with E-state index >= 15 is 0 Å². The summed E-state index contributed by atoms with van der Waals surface area (Å²) in [5.41, 5.74) is 56.5. The molecule has 3 heterocycles. The lowest BCUT2D eigenvalue weighted by molar-refractivity contribution is -0.294. The Balaban J connectivity index is 1.84. The van der Waals surface area contributed by atoms with Gasteiger partial charge in [0.2, 0.25) is 0 Å². The van der Waals surface area contributed by atoms with Gasteiger partial charge in [-0.25, -0.2) is 0 Å². The van der Waals surface area contributed by atoms with Gasteiger partial charge in [-0.2, -0.15) is 0 Å². The summed E-state index contributed by atoms with van der Waals surface area (Å²) in [7, 11) is 0. The van der Waals surface area contributed by atoms with Gasteiger partial charge >= 0.3 is 23.9 Å². The number of carbonyl (C=O) groups is 4. The number of rotatable bonds is 19. The number of esters is 4. The summed E-state index contributed by atoms with van der Waals surface area (Å²) in [5.74, 6) is -3.86. The minimum Gasteiger partial charge on any atom is -0.459 e. The Bertz CT molecular complexity index is 2030. The van der Waals surface area contributed by atoms with Crippen LogP contribution in [0.5, 0.6) is 0 Å². The first-order valence-electron chi connectivity index (χ1n) is 19.9. The summed E-state index contributed by atoms with van der Waals surface area (Å²) < 4.78 is 60.2. The second-order valence-corrected chi connectivity index (χ2v) is 14.9. The van der Waals surface area contributed by atoms with E-state index in [4.69, 9.17) is 58.4 Å². The van der Waals surface area contributed by atoms with E-state index in [1.54, 1.807) is 13.8 Å². The average Bonchev–Trinajstić information content (AvgIpc) is 3.55. The van der Waals surface area contributed by atoms with Crippen LogP contribution in [-0.4, -0.2) is 141 Å². The molecule has 4 rings (SSSR count). The van der Waals surface area contributed by atoms with Gasteiger partial charge in [0.15, 0.2) is 37.2 Å². The maximum absolute atomic E-state index is 12.8. The zero-order chi connectivity index (χ0) is 47.8. The van der Waals surface area contributed by atoms with Crippen LogP contribution in [0.3, 0.4) is 0 Å². The molecular formula is C33H46N18O14. The highest BCUT2D eigenvalue weighted by molar-refractivity contribution is 5.68. The van der Waals surface area contributed by atoms with Gasteiger partial charge in [-0.15, -0.1) is 0 Å². The molecule has 0 radical (unpaired) electrons. The number of carbonyl (C=O) groups excluding carboxylic acids is 4. The van der Waals surface area contributed by atoms with E-state index in [2.05, 4.69) is 60.2 Å². The van der Waals surface area contributed by atoms with E-state index in [0.717, 1.165) is 27.7 Å². The second-order valence-electron chi connectivity index (χ2n) is 14.9. The zero-order valence-electron chi connectivity index (χ0n) is 35.7. The van der Waals surface area contributed by atoms with Crippen LogP contribution >= 0.6 is 0 Å². The molecule has 0 aromatic carbocycles. The third-order valence-electron chi connectivity index (χ3n) is 10.6. The van der Waals surface area contributed by atoms with Gasteiger partial charge in [0.05, 0.1) is 49.5 Å². The minimum absolute atomic E-state index is 0.0853. The molecule has 352 valence electrons. The molecule has 0 aromatic rings. The van der Waals surface area contributed by atoms with Gasteiger partial charge in [0.1, 0.15) is 30.5 Å². The first-order chi connectivity index (χ1) is 31.1. The predicted molar refractivity (Wildman–Crippen MR) is 211 cm³/mol. The summed E-state index contributed by atoms with van der Waals surface area (Å²) in [6.45, 7) is 6.95. The number of azide groups is 6. The Labute approximate surface area is 367 Å². The highest BCUT2D eigenvalue weighted by Crippen LogP contribution is 2.41. The van der Waals surface area contributed by atoms with E-state index in [-0.39, 0.29) is 31.7 Å². The molecule has 0 aromatic heterocycles. The van der Waals surface area contributed by atoms with Gasteiger partial charge in [-0.1, -0.05) is 44.5 Å². The molecule has 1 aliphatic carbocycles. The molecule has 1 saturated carbocycles. The number of hydrogen-bond donors (Lipinski definition) is 0. The lowest BCUT2D eigenvalue weighted by Gasteiger charge is -2.47. The van der Waals surface area contributed by atoms with Crippen molar-refractivity contribution in [3.8, 4) is 0 Å². The van der Waals surface area contributed by atoms with Crippen LogP contribution in [0.2, 0.25) is 0 Å². The van der Waals surface area contributed by atoms with E-state index in [1.807, 2.05) is 0 Å². The summed E-state index contributed by atoms with van der Waals surface area (Å²) in [4.78, 5) is 67.2. The molecular weight excluding hydrogens is 872 g/mol. The zero-order valence-corrected chi connectivity index (χ0v) is 35.7. The number of nitrogens with zero attached hydrogens (tertiary/aromatic N) is 18. The van der Waals surface area contributed by atoms with Crippen LogP contribution in [-0.2, 0) is 66.5 Å². The molecule has 32 heteroatoms. The van der Waals surface area contributed by atoms with Crippen LogP contribution in [0, 0.1) is 5.92 Å². The molecule has 3 aliphatic heterocycles. The third-order valence-corrected chi connectivity index (χ3v) is 10.6. The monoisotopic (exact) mass is 918 g/mol. The van der Waals surface area contributed by atoms with Gasteiger partial charge in [-0.05, 0) is 58.4 Å². The van der Waals surface area contributed by atoms with E-state index in [9.17, 15) is 41.3 Å². The summed E-state index contributed by atoms with van der Waals surface area (Å²) >= 11 is 0. The molecule has 18 unspecified atom stereocenters. The normalized spacial score (nSPS) is 36.2. The Morgan fingerprint density at radius 1 is 0.492 bits per heavy atom. The van der Waals surface area contributed by atoms with Crippen molar-refractivity contribution in [3.63, 3.8) is 0 Å². The van der Waals surface area contributed by atoms with Gasteiger partial charge in [-0.3, -0.25) is 19.2 Å². The van der Waals surface area contributed by atoms with Crippen LogP contribution in [0.15, 0.2) is 30.7 Å². The van der Waals surface area contributed by atoms with E-state index < -0.39 is 134 Å². The fraction of sp³-hybridized carbons (Fsp3) is 0.879. The Kier molecular flexibility index (Phi) is 19.3. The highest BCUT2D eigenvalue weighted by atomic mass is 16.8. The molecule has 0 bridgehead atoms. The van der Waals surface area contributed by atoms with Crippen LogP contribution in [0.1, 0.15) is 60.8 Å². The SMILES string of the molecule is CCC1OC(OC2C(OC(C)=O)C(N=[N+]=[N-])CC(N=[N+]=[N-])C2OC2OC(CN=[N+]=[N-])C(C)CC2N=[N+]=[N-])C(OC(C)=O)C1OC1OC(CN=[N+]=[N-])C(OC(C)=O)C(OC(C)=O)C1N=[N+]=[N-]. The highest BCUT2D eigenvalue weighted by Gasteiger charge is 2.58. The Morgan fingerprint density at radius 2 is 0.954 bits per heavy atom. The van der Waals surface area contributed by atoms with Crippen LogP contribution in [0.25, 0.3) is 62.7 Å². The van der Waals surface area contributed by atoms with Crippen LogP contribution in [0.4, 0.5) is 0 Å². The van der Waals surface area contributed by atoms with Gasteiger partial charge in [0.25, 0.3) is 0 Å². The maximum atomic E-state index is 12.8. The van der Waals surface area contributed by atoms with Crippen LogP contribution < -0.4 is 0 Å². The fourth-order valence-corrected chi connectivity index (χ4v) is 8.02. The smallest absolute Gasteiger partial charge is 0.303 e. The Morgan fingerprint density at radius 3 is 1.51 bits per heavy atom. The summed E-state index contributed by atoms with van der Waals surface area (Å²) in [5, 5.41) is 22.3. The molecule has 3 saturated heterocycles. The van der Waals surface area contributed by atoms with Crippen molar-refractivity contribution in [3.05, 3.63) is 62.7 Å². The summed E-state index contributed by atoms with van der Waals surface area (Å²) in [6.07, 6.45) is -19.0. The quantitative estimate of drug-likeness (QED) is 0.0527. The third kappa shape index (κ3) is 13.3. The van der Waals surface area contributed by atoms with Crippen molar-refractivity contribution < 1.29 is 66.5 Å². The minimum atomic E-state index is -1.73. The molecule has 0 N–H and O–H groups in total. The lowest BCUT2D eigenvalue weighted by Crippen LogP contribution is -2.62. The fourth-order valence-electron chi connectivity index (χ4n) is 8.02.